The molecule has 2 heterocycles. The Hall–Kier alpha value is -1.79. The molecule has 6 nitrogen and oxygen atoms in total. The lowest BCUT2D eigenvalue weighted by molar-refractivity contribution is 0.172. The molecule has 2 aromatic rings. The fourth-order valence-corrected chi connectivity index (χ4v) is 3.03. The molecule has 0 saturated carbocycles. The summed E-state index contributed by atoms with van der Waals surface area (Å²) >= 11 is 11.9. The third-order valence-corrected chi connectivity index (χ3v) is 4.35. The van der Waals surface area contributed by atoms with Crippen molar-refractivity contribution >= 4 is 34.9 Å². The summed E-state index contributed by atoms with van der Waals surface area (Å²) in [6, 6.07) is 4.59. The number of nitrogens with zero attached hydrogens (tertiary/aromatic N) is 4. The summed E-state index contributed by atoms with van der Waals surface area (Å²) in [7, 11) is 0. The maximum Gasteiger partial charge on any atom is 0.322 e. The lowest BCUT2D eigenvalue weighted by atomic mass is 10.2. The van der Waals surface area contributed by atoms with Crippen molar-refractivity contribution < 1.29 is 4.79 Å². The zero-order valence-corrected chi connectivity index (χ0v) is 13.7. The van der Waals surface area contributed by atoms with E-state index in [-0.39, 0.29) is 12.1 Å². The van der Waals surface area contributed by atoms with Crippen LogP contribution in [0, 0.1) is 6.92 Å². The van der Waals surface area contributed by atoms with Gasteiger partial charge in [0.1, 0.15) is 5.82 Å². The van der Waals surface area contributed by atoms with Crippen LogP contribution in [0.2, 0.25) is 10.0 Å². The van der Waals surface area contributed by atoms with Crippen molar-refractivity contribution in [3.8, 4) is 0 Å². The smallest absolute Gasteiger partial charge is 0.313 e. The molecule has 1 atom stereocenters. The molecule has 1 unspecified atom stereocenters. The number of urea groups is 1. The molecule has 0 radical (unpaired) electrons. The second kappa shape index (κ2) is 5.78. The van der Waals surface area contributed by atoms with Crippen molar-refractivity contribution in [3.05, 3.63) is 39.9 Å². The summed E-state index contributed by atoms with van der Waals surface area (Å²) in [5.74, 6) is 1.66. The zero-order chi connectivity index (χ0) is 15.9. The number of hydrogen-bond acceptors (Lipinski definition) is 3. The molecule has 0 aliphatic carbocycles. The van der Waals surface area contributed by atoms with Crippen molar-refractivity contribution in [1.82, 2.24) is 19.7 Å². The number of anilines is 1. The van der Waals surface area contributed by atoms with Gasteiger partial charge < -0.3 is 14.8 Å². The minimum atomic E-state index is -0.219. The number of benzene rings is 1. The highest BCUT2D eigenvalue weighted by Crippen LogP contribution is 2.28. The van der Waals surface area contributed by atoms with Crippen LogP contribution in [-0.2, 0) is 6.54 Å². The molecule has 0 fully saturated rings. The van der Waals surface area contributed by atoms with E-state index in [0.29, 0.717) is 28.8 Å². The van der Waals surface area contributed by atoms with E-state index >= 15 is 0 Å². The highest BCUT2D eigenvalue weighted by atomic mass is 35.5. The fourth-order valence-electron chi connectivity index (χ4n) is 2.58. The van der Waals surface area contributed by atoms with E-state index in [0.717, 1.165) is 11.6 Å². The Kier molecular flexibility index (Phi) is 3.97. The molecular weight excluding hydrogens is 325 g/mol. The molecule has 1 aromatic carbocycles. The van der Waals surface area contributed by atoms with E-state index < -0.39 is 0 Å². The van der Waals surface area contributed by atoms with Gasteiger partial charge in [-0.15, -0.1) is 10.2 Å². The van der Waals surface area contributed by atoms with E-state index in [2.05, 4.69) is 15.5 Å². The fraction of sp³-hybridized carbons (Fsp3) is 0.357. The van der Waals surface area contributed by atoms with Gasteiger partial charge in [-0.3, -0.25) is 0 Å². The van der Waals surface area contributed by atoms with Crippen LogP contribution in [0.25, 0.3) is 0 Å². The molecule has 116 valence electrons. The minimum absolute atomic E-state index is 0.152. The maximum atomic E-state index is 12.5. The number of carbonyl (C=O) groups is 1. The van der Waals surface area contributed by atoms with Gasteiger partial charge >= 0.3 is 6.03 Å². The lowest BCUT2D eigenvalue weighted by Gasteiger charge is -2.33. The molecule has 1 N–H and O–H groups in total. The molecule has 3 rings (SSSR count). The molecule has 8 heteroatoms. The number of rotatable bonds is 1. The Bertz CT molecular complexity index is 730. The lowest BCUT2D eigenvalue weighted by Crippen LogP contribution is -2.43. The van der Waals surface area contributed by atoms with Crippen molar-refractivity contribution in [2.24, 2.45) is 0 Å². The third kappa shape index (κ3) is 2.64. The summed E-state index contributed by atoms with van der Waals surface area (Å²) < 4.78 is 2.03. The number of fused-ring (bicyclic) bond motifs is 1. The highest BCUT2D eigenvalue weighted by Gasteiger charge is 2.30. The van der Waals surface area contributed by atoms with Crippen LogP contribution in [0.5, 0.6) is 0 Å². The number of hydrogen-bond donors (Lipinski definition) is 1. The summed E-state index contributed by atoms with van der Waals surface area (Å²) in [5, 5.41) is 12.0. The molecule has 1 aliphatic rings. The predicted octanol–water partition coefficient (Wildman–Crippen LogP) is 3.50. The van der Waals surface area contributed by atoms with Gasteiger partial charge in [0, 0.05) is 18.1 Å². The number of nitrogens with one attached hydrogen (secondary N) is 1. The Labute approximate surface area is 138 Å². The first kappa shape index (κ1) is 15.1. The van der Waals surface area contributed by atoms with Gasteiger partial charge in [0.25, 0.3) is 0 Å². The van der Waals surface area contributed by atoms with Crippen LogP contribution in [0.3, 0.4) is 0 Å². The monoisotopic (exact) mass is 339 g/mol. The molecule has 1 aromatic heterocycles. The molecular formula is C14H15Cl2N5O. The average Bonchev–Trinajstić information content (AvgIpc) is 2.85. The van der Waals surface area contributed by atoms with Crippen molar-refractivity contribution in [1.29, 1.82) is 0 Å². The third-order valence-electron chi connectivity index (χ3n) is 3.80. The number of aromatic nitrogens is 3. The number of aryl methyl sites for hydroxylation is 1. The Morgan fingerprint density at radius 2 is 2.09 bits per heavy atom. The molecule has 0 spiro atoms. The predicted molar refractivity (Wildman–Crippen MR) is 85.4 cm³/mol. The van der Waals surface area contributed by atoms with Crippen molar-refractivity contribution in [3.63, 3.8) is 0 Å². The Balaban J connectivity index is 1.78. The Morgan fingerprint density at radius 1 is 1.32 bits per heavy atom. The Morgan fingerprint density at radius 3 is 2.82 bits per heavy atom. The standard InChI is InChI=1S/C14H15Cl2N5O/c1-8-13-19-18-9(2)21(13)6-5-20(8)14(22)17-12-4-3-10(15)7-11(12)16/h3-4,7-8H,5-6H2,1-2H3,(H,17,22). The van der Waals surface area contributed by atoms with Gasteiger partial charge in [-0.1, -0.05) is 23.2 Å². The van der Waals surface area contributed by atoms with Gasteiger partial charge in [-0.05, 0) is 32.0 Å². The van der Waals surface area contributed by atoms with Gasteiger partial charge in [0.15, 0.2) is 5.82 Å². The molecule has 22 heavy (non-hydrogen) atoms. The maximum absolute atomic E-state index is 12.5. The second-order valence-corrected chi connectivity index (χ2v) is 6.02. The summed E-state index contributed by atoms with van der Waals surface area (Å²) in [4.78, 5) is 14.2. The number of halogens is 2. The average molecular weight is 340 g/mol. The van der Waals surface area contributed by atoms with Crippen molar-refractivity contribution in [2.75, 3.05) is 11.9 Å². The molecule has 2 amide bonds. The second-order valence-electron chi connectivity index (χ2n) is 5.18. The van der Waals surface area contributed by atoms with Gasteiger partial charge in [0.2, 0.25) is 0 Å². The van der Waals surface area contributed by atoms with E-state index in [1.54, 1.807) is 23.1 Å². The number of amides is 2. The first-order valence-electron chi connectivity index (χ1n) is 6.89. The van der Waals surface area contributed by atoms with Gasteiger partial charge in [-0.25, -0.2) is 4.79 Å². The molecule has 0 saturated heterocycles. The SMILES string of the molecule is Cc1nnc2n1CCN(C(=O)Nc1ccc(Cl)cc1Cl)C2C. The van der Waals surface area contributed by atoms with Gasteiger partial charge in [0.05, 0.1) is 16.8 Å². The first-order valence-corrected chi connectivity index (χ1v) is 7.65. The van der Waals surface area contributed by atoms with E-state index in [1.165, 1.54) is 0 Å². The van der Waals surface area contributed by atoms with Crippen LogP contribution in [-0.4, -0.2) is 32.2 Å². The highest BCUT2D eigenvalue weighted by molar-refractivity contribution is 6.36. The minimum Gasteiger partial charge on any atom is -0.313 e. The summed E-state index contributed by atoms with van der Waals surface area (Å²) in [6.45, 7) is 5.11. The first-order chi connectivity index (χ1) is 10.5. The van der Waals surface area contributed by atoms with Crippen LogP contribution in [0.1, 0.15) is 24.6 Å². The van der Waals surface area contributed by atoms with E-state index in [9.17, 15) is 4.79 Å². The van der Waals surface area contributed by atoms with Gasteiger partial charge in [-0.2, -0.15) is 0 Å². The van der Waals surface area contributed by atoms with Crippen LogP contribution >= 0.6 is 23.2 Å². The number of carbonyl (C=O) groups excluding carboxylic acids is 1. The topological polar surface area (TPSA) is 63.1 Å². The van der Waals surface area contributed by atoms with Crippen molar-refractivity contribution in [2.45, 2.75) is 26.4 Å². The van der Waals surface area contributed by atoms with Crippen LogP contribution < -0.4 is 5.32 Å². The quantitative estimate of drug-likeness (QED) is 0.864. The van der Waals surface area contributed by atoms with Crippen LogP contribution in [0.4, 0.5) is 10.5 Å². The van der Waals surface area contributed by atoms with E-state index in [4.69, 9.17) is 23.2 Å². The summed E-state index contributed by atoms with van der Waals surface area (Å²) in [6.07, 6.45) is 0. The normalized spacial score (nSPS) is 17.3. The van der Waals surface area contributed by atoms with Crippen LogP contribution in [0.15, 0.2) is 18.2 Å². The largest absolute Gasteiger partial charge is 0.322 e. The summed E-state index contributed by atoms with van der Waals surface area (Å²) in [5.41, 5.74) is 0.534. The van der Waals surface area contributed by atoms with E-state index in [1.807, 2.05) is 18.4 Å². The molecule has 1 aliphatic heterocycles. The zero-order valence-electron chi connectivity index (χ0n) is 12.2. The molecule has 0 bridgehead atoms.